The van der Waals surface area contributed by atoms with Crippen molar-refractivity contribution in [3.63, 3.8) is 0 Å². The van der Waals surface area contributed by atoms with Crippen molar-refractivity contribution in [3.05, 3.63) is 124 Å². The molecule has 0 radical (unpaired) electrons. The second kappa shape index (κ2) is 13.4. The highest BCUT2D eigenvalue weighted by molar-refractivity contribution is 5.92. The minimum Gasteiger partial charge on any atom is -0.478 e. The topological polar surface area (TPSA) is 117 Å². The SMILES string of the molecule is Cn1nncc1C#Cc1ccc(COc2cccc(-c3cc(F)c(Cc4nc5ccc(C(=O)O)cc5n4C4COCC4(C)C)cc3F)n2)c(F)c1. The summed E-state index contributed by atoms with van der Waals surface area (Å²) in [5.41, 5.74) is 2.30. The molecule has 1 aliphatic rings. The highest BCUT2D eigenvalue weighted by Gasteiger charge is 2.39. The average Bonchev–Trinajstić information content (AvgIpc) is 3.79. The molecule has 258 valence electrons. The highest BCUT2D eigenvalue weighted by Crippen LogP contribution is 2.40. The van der Waals surface area contributed by atoms with E-state index in [1.807, 2.05) is 18.4 Å². The number of nitrogens with zero attached hydrogens (tertiary/aromatic N) is 6. The standard InChI is InChI=1S/C38H31F3N6O4/c1-38(2)21-50-20-34(38)47-33-15-23(37(48)49)10-12-32(33)43-35(47)16-25-14-30(41)27(17-29(25)40)31-5-4-6-36(44-31)51-19-24-9-7-22(13-28(24)39)8-11-26-18-42-45-46(26)3/h4-7,9-10,12-15,17-18,34H,16,19-21H2,1-3H3,(H,48,49). The molecular weight excluding hydrogens is 661 g/mol. The third kappa shape index (κ3) is 6.78. The summed E-state index contributed by atoms with van der Waals surface area (Å²) in [6, 6.07) is 15.8. The Hall–Kier alpha value is -6.00. The summed E-state index contributed by atoms with van der Waals surface area (Å²) in [6.45, 7) is 4.75. The summed E-state index contributed by atoms with van der Waals surface area (Å²) in [5.74, 6) is 3.32. The van der Waals surface area contributed by atoms with Gasteiger partial charge in [-0.1, -0.05) is 37.1 Å². The molecule has 3 aromatic carbocycles. The van der Waals surface area contributed by atoms with Crippen LogP contribution in [0.4, 0.5) is 13.2 Å². The maximum Gasteiger partial charge on any atom is 0.335 e. The third-order valence-corrected chi connectivity index (χ3v) is 8.94. The molecule has 51 heavy (non-hydrogen) atoms. The molecule has 10 nitrogen and oxygen atoms in total. The number of imidazole rings is 1. The van der Waals surface area contributed by atoms with Crippen LogP contribution in [0, 0.1) is 34.7 Å². The number of fused-ring (bicyclic) bond motifs is 1. The zero-order chi connectivity index (χ0) is 35.9. The van der Waals surface area contributed by atoms with Gasteiger partial charge in [-0.2, -0.15) is 0 Å². The molecule has 1 N–H and O–H groups in total. The third-order valence-electron chi connectivity index (χ3n) is 8.94. The van der Waals surface area contributed by atoms with Crippen LogP contribution in [0.25, 0.3) is 22.3 Å². The summed E-state index contributed by atoms with van der Waals surface area (Å²) < 4.78 is 61.3. The van der Waals surface area contributed by atoms with Gasteiger partial charge in [-0.05, 0) is 60.0 Å². The molecule has 3 aromatic heterocycles. The quantitative estimate of drug-likeness (QED) is 0.180. The van der Waals surface area contributed by atoms with E-state index >= 15 is 8.78 Å². The minimum atomic E-state index is -1.08. The molecule has 1 aliphatic heterocycles. The first-order chi connectivity index (χ1) is 24.5. The second-order valence-corrected chi connectivity index (χ2v) is 13.0. The van der Waals surface area contributed by atoms with E-state index in [-0.39, 0.29) is 58.3 Å². The van der Waals surface area contributed by atoms with Crippen LogP contribution in [0.2, 0.25) is 0 Å². The lowest BCUT2D eigenvalue weighted by molar-refractivity contribution is 0.0697. The number of hydrogen-bond donors (Lipinski definition) is 1. The molecule has 1 saturated heterocycles. The van der Waals surface area contributed by atoms with Crippen LogP contribution in [0.15, 0.2) is 72.9 Å². The molecule has 0 bridgehead atoms. The van der Waals surface area contributed by atoms with Gasteiger partial charge in [0.05, 0.1) is 47.7 Å². The Kier molecular flexibility index (Phi) is 8.78. The molecule has 13 heteroatoms. The summed E-state index contributed by atoms with van der Waals surface area (Å²) >= 11 is 0. The van der Waals surface area contributed by atoms with Gasteiger partial charge in [-0.3, -0.25) is 0 Å². The number of aromatic nitrogens is 6. The number of carbonyl (C=O) groups is 1. The van der Waals surface area contributed by atoms with Crippen LogP contribution in [0.3, 0.4) is 0 Å². The van der Waals surface area contributed by atoms with Crippen molar-refractivity contribution in [3.8, 4) is 29.0 Å². The maximum absolute atomic E-state index is 15.8. The molecule has 1 atom stereocenters. The van der Waals surface area contributed by atoms with Crippen molar-refractivity contribution in [1.29, 1.82) is 0 Å². The molecule has 6 aromatic rings. The Balaban J connectivity index is 1.12. The first kappa shape index (κ1) is 33.5. The number of aromatic carboxylic acids is 1. The first-order valence-electron chi connectivity index (χ1n) is 16.0. The number of carboxylic acids is 1. The number of aryl methyl sites for hydroxylation is 1. The zero-order valence-electron chi connectivity index (χ0n) is 27.8. The van der Waals surface area contributed by atoms with E-state index in [9.17, 15) is 14.3 Å². The molecule has 7 rings (SSSR count). The molecule has 0 spiro atoms. The van der Waals surface area contributed by atoms with Crippen LogP contribution in [0.1, 0.15) is 58.5 Å². The van der Waals surface area contributed by atoms with E-state index in [1.54, 1.807) is 43.4 Å². The van der Waals surface area contributed by atoms with Crippen molar-refractivity contribution >= 4 is 17.0 Å². The first-order valence-corrected chi connectivity index (χ1v) is 16.0. The normalized spacial score (nSPS) is 15.1. The number of ether oxygens (including phenoxy) is 2. The number of rotatable bonds is 8. The highest BCUT2D eigenvalue weighted by atomic mass is 19.1. The Morgan fingerprint density at radius 3 is 2.55 bits per heavy atom. The molecule has 0 saturated carbocycles. The molecular formula is C38H31F3N6O4. The van der Waals surface area contributed by atoms with Gasteiger partial charge in [0.15, 0.2) is 0 Å². The van der Waals surface area contributed by atoms with Crippen LogP contribution in [0.5, 0.6) is 5.88 Å². The molecule has 4 heterocycles. The fourth-order valence-electron chi connectivity index (χ4n) is 6.10. The van der Waals surface area contributed by atoms with Crippen LogP contribution in [-0.4, -0.2) is 53.8 Å². The molecule has 1 unspecified atom stereocenters. The Labute approximate surface area is 290 Å². The zero-order valence-corrected chi connectivity index (χ0v) is 27.8. The van der Waals surface area contributed by atoms with Gasteiger partial charge in [0.2, 0.25) is 5.88 Å². The number of benzene rings is 3. The van der Waals surface area contributed by atoms with Crippen LogP contribution >= 0.6 is 0 Å². The lowest BCUT2D eigenvalue weighted by atomic mass is 9.87. The predicted octanol–water partition coefficient (Wildman–Crippen LogP) is 6.51. The summed E-state index contributed by atoms with van der Waals surface area (Å²) in [5, 5.41) is 17.2. The van der Waals surface area contributed by atoms with E-state index < -0.39 is 23.4 Å². The second-order valence-electron chi connectivity index (χ2n) is 13.0. The van der Waals surface area contributed by atoms with Crippen LogP contribution in [-0.2, 0) is 24.8 Å². The number of carboxylic acid groups (broad SMARTS) is 1. The Morgan fingerprint density at radius 1 is 1.00 bits per heavy atom. The van der Waals surface area contributed by atoms with Gasteiger partial charge in [0, 0.05) is 41.6 Å². The average molecular weight is 693 g/mol. The Bertz CT molecular complexity index is 2380. The van der Waals surface area contributed by atoms with Crippen molar-refractivity contribution in [2.45, 2.75) is 32.9 Å². The van der Waals surface area contributed by atoms with E-state index in [0.717, 1.165) is 12.1 Å². The lowest BCUT2D eigenvalue weighted by Crippen LogP contribution is -2.27. The number of hydrogen-bond acceptors (Lipinski definition) is 7. The summed E-state index contributed by atoms with van der Waals surface area (Å²) in [4.78, 5) is 20.8. The number of halogens is 3. The van der Waals surface area contributed by atoms with Gasteiger partial charge in [-0.25, -0.2) is 32.6 Å². The van der Waals surface area contributed by atoms with E-state index in [2.05, 4.69) is 27.1 Å². The molecule has 1 fully saturated rings. The maximum atomic E-state index is 15.8. The van der Waals surface area contributed by atoms with Crippen LogP contribution < -0.4 is 4.74 Å². The number of pyridine rings is 1. The van der Waals surface area contributed by atoms with Gasteiger partial charge >= 0.3 is 5.97 Å². The molecule has 0 aliphatic carbocycles. The largest absolute Gasteiger partial charge is 0.478 e. The molecule has 0 amide bonds. The lowest BCUT2D eigenvalue weighted by Gasteiger charge is -2.28. The van der Waals surface area contributed by atoms with Crippen molar-refractivity contribution in [2.24, 2.45) is 12.5 Å². The van der Waals surface area contributed by atoms with Gasteiger partial charge in [-0.15, -0.1) is 5.10 Å². The van der Waals surface area contributed by atoms with E-state index in [4.69, 9.17) is 14.5 Å². The van der Waals surface area contributed by atoms with Crippen molar-refractivity contribution in [2.75, 3.05) is 13.2 Å². The van der Waals surface area contributed by atoms with Gasteiger partial charge in [0.1, 0.15) is 35.6 Å². The van der Waals surface area contributed by atoms with Gasteiger partial charge < -0.3 is 19.1 Å². The predicted molar refractivity (Wildman–Crippen MR) is 180 cm³/mol. The fraction of sp³-hybridized carbons (Fsp3) is 0.237. The van der Waals surface area contributed by atoms with E-state index in [1.165, 1.54) is 29.1 Å². The summed E-state index contributed by atoms with van der Waals surface area (Å²) in [6.07, 6.45) is 1.45. The fourth-order valence-corrected chi connectivity index (χ4v) is 6.10. The smallest absolute Gasteiger partial charge is 0.335 e. The van der Waals surface area contributed by atoms with Crippen molar-refractivity contribution in [1.82, 2.24) is 29.5 Å². The monoisotopic (exact) mass is 692 g/mol. The Morgan fingerprint density at radius 2 is 1.82 bits per heavy atom. The summed E-state index contributed by atoms with van der Waals surface area (Å²) in [7, 11) is 1.70. The van der Waals surface area contributed by atoms with Gasteiger partial charge in [0.25, 0.3) is 0 Å². The van der Waals surface area contributed by atoms with Crippen molar-refractivity contribution < 1.29 is 32.5 Å². The minimum absolute atomic E-state index is 0.0558. The van der Waals surface area contributed by atoms with E-state index in [0.29, 0.717) is 41.3 Å².